The molecule has 2 rings (SSSR count). The molecule has 0 heterocycles. The van der Waals surface area contributed by atoms with Gasteiger partial charge in [0.1, 0.15) is 0 Å². The molecule has 0 saturated heterocycles. The van der Waals surface area contributed by atoms with Crippen molar-refractivity contribution in [2.45, 2.75) is 25.8 Å². The summed E-state index contributed by atoms with van der Waals surface area (Å²) in [5.74, 6) is 0. The van der Waals surface area contributed by atoms with E-state index in [1.54, 1.807) is 0 Å². The van der Waals surface area contributed by atoms with E-state index in [2.05, 4.69) is 48.6 Å². The largest absolute Gasteiger partial charge is 0.310 e. The lowest BCUT2D eigenvalue weighted by atomic mass is 10.1. The van der Waals surface area contributed by atoms with Crippen molar-refractivity contribution in [2.24, 2.45) is 0 Å². The van der Waals surface area contributed by atoms with Crippen LogP contribution in [-0.2, 0) is 6.42 Å². The molecule has 100 valence electrons. The summed E-state index contributed by atoms with van der Waals surface area (Å²) < 4.78 is 0. The number of halogens is 1. The third-order valence-electron chi connectivity index (χ3n) is 3.28. The molecule has 2 aromatic carbocycles. The van der Waals surface area contributed by atoms with Crippen LogP contribution in [0, 0.1) is 0 Å². The summed E-state index contributed by atoms with van der Waals surface area (Å²) in [6, 6.07) is 19.0. The van der Waals surface area contributed by atoms with Gasteiger partial charge in [-0.1, -0.05) is 54.1 Å². The van der Waals surface area contributed by atoms with Crippen molar-refractivity contribution in [3.8, 4) is 0 Å². The molecule has 1 unspecified atom stereocenters. The molecule has 19 heavy (non-hydrogen) atoms. The Bertz CT molecular complexity index is 496. The second kappa shape index (κ2) is 7.32. The van der Waals surface area contributed by atoms with Crippen LogP contribution in [0.1, 0.15) is 30.5 Å². The first kappa shape index (κ1) is 14.1. The summed E-state index contributed by atoms with van der Waals surface area (Å²) in [7, 11) is 0. The fraction of sp³-hybridized carbons (Fsp3) is 0.294. The number of rotatable bonds is 6. The summed E-state index contributed by atoms with van der Waals surface area (Å²) in [4.78, 5) is 0. The van der Waals surface area contributed by atoms with E-state index in [9.17, 15) is 0 Å². The van der Waals surface area contributed by atoms with Gasteiger partial charge < -0.3 is 5.32 Å². The molecular weight excluding hydrogens is 254 g/mol. The van der Waals surface area contributed by atoms with Gasteiger partial charge in [0, 0.05) is 11.1 Å². The smallest absolute Gasteiger partial charge is 0.0409 e. The molecule has 0 bridgehead atoms. The third kappa shape index (κ3) is 4.70. The maximum Gasteiger partial charge on any atom is 0.0409 e. The van der Waals surface area contributed by atoms with Gasteiger partial charge >= 0.3 is 0 Å². The first-order chi connectivity index (χ1) is 9.25. The van der Waals surface area contributed by atoms with Crippen LogP contribution in [0.5, 0.6) is 0 Å². The highest BCUT2D eigenvalue weighted by molar-refractivity contribution is 6.30. The summed E-state index contributed by atoms with van der Waals surface area (Å²) >= 11 is 6.00. The zero-order valence-corrected chi connectivity index (χ0v) is 12.0. The molecule has 1 nitrogen and oxygen atoms in total. The molecule has 2 heteroatoms. The number of aryl methyl sites for hydroxylation is 1. The minimum Gasteiger partial charge on any atom is -0.310 e. The zero-order valence-electron chi connectivity index (χ0n) is 11.3. The molecule has 0 aliphatic rings. The average Bonchev–Trinajstić information content (AvgIpc) is 2.44. The van der Waals surface area contributed by atoms with Gasteiger partial charge in [-0.05, 0) is 49.6 Å². The Labute approximate surface area is 120 Å². The summed E-state index contributed by atoms with van der Waals surface area (Å²) in [6.07, 6.45) is 2.27. The molecule has 1 atom stereocenters. The highest BCUT2D eigenvalue weighted by Gasteiger charge is 2.04. The van der Waals surface area contributed by atoms with Crippen molar-refractivity contribution in [3.63, 3.8) is 0 Å². The number of nitrogens with one attached hydrogen (secondary N) is 1. The predicted octanol–water partition coefficient (Wildman–Crippen LogP) is 4.62. The summed E-state index contributed by atoms with van der Waals surface area (Å²) in [5.41, 5.74) is 2.65. The average molecular weight is 274 g/mol. The fourth-order valence-electron chi connectivity index (χ4n) is 2.15. The van der Waals surface area contributed by atoms with E-state index < -0.39 is 0 Å². The van der Waals surface area contributed by atoms with E-state index in [-0.39, 0.29) is 0 Å². The van der Waals surface area contributed by atoms with Crippen LogP contribution in [0.25, 0.3) is 0 Å². The topological polar surface area (TPSA) is 12.0 Å². The fourth-order valence-corrected chi connectivity index (χ4v) is 2.35. The quantitative estimate of drug-likeness (QED) is 0.757. The van der Waals surface area contributed by atoms with Crippen molar-refractivity contribution >= 4 is 11.6 Å². The molecule has 0 fully saturated rings. The highest BCUT2D eigenvalue weighted by Crippen LogP contribution is 2.17. The summed E-state index contributed by atoms with van der Waals surface area (Å²) in [6.45, 7) is 3.19. The monoisotopic (exact) mass is 273 g/mol. The van der Waals surface area contributed by atoms with E-state index in [0.29, 0.717) is 6.04 Å². The van der Waals surface area contributed by atoms with Gasteiger partial charge in [0.15, 0.2) is 0 Å². The first-order valence-electron chi connectivity index (χ1n) is 6.78. The van der Waals surface area contributed by atoms with E-state index in [1.807, 2.05) is 18.2 Å². The lowest BCUT2D eigenvalue weighted by molar-refractivity contribution is 0.558. The van der Waals surface area contributed by atoms with E-state index in [4.69, 9.17) is 11.6 Å². The first-order valence-corrected chi connectivity index (χ1v) is 7.16. The molecule has 0 amide bonds. The van der Waals surface area contributed by atoms with Gasteiger partial charge in [-0.15, -0.1) is 0 Å². The molecule has 0 aromatic heterocycles. The maximum atomic E-state index is 6.00. The second-order valence-electron chi connectivity index (χ2n) is 4.82. The van der Waals surface area contributed by atoms with Gasteiger partial charge in [-0.25, -0.2) is 0 Å². The Kier molecular flexibility index (Phi) is 5.44. The van der Waals surface area contributed by atoms with Crippen molar-refractivity contribution in [1.29, 1.82) is 0 Å². The highest BCUT2D eigenvalue weighted by atomic mass is 35.5. The molecule has 0 aliphatic carbocycles. The van der Waals surface area contributed by atoms with Crippen LogP contribution < -0.4 is 5.32 Å². The third-order valence-corrected chi connectivity index (χ3v) is 3.52. The molecular formula is C17H20ClN. The van der Waals surface area contributed by atoms with Gasteiger partial charge in [-0.2, -0.15) is 0 Å². The molecule has 1 N–H and O–H groups in total. The van der Waals surface area contributed by atoms with Crippen LogP contribution in [-0.4, -0.2) is 6.54 Å². The Balaban J connectivity index is 1.74. The van der Waals surface area contributed by atoms with Gasteiger partial charge in [0.2, 0.25) is 0 Å². The minimum absolute atomic E-state index is 0.342. The van der Waals surface area contributed by atoms with Crippen LogP contribution in [0.15, 0.2) is 54.6 Å². The van der Waals surface area contributed by atoms with E-state index in [1.165, 1.54) is 11.1 Å². The Morgan fingerprint density at radius 1 is 1.05 bits per heavy atom. The van der Waals surface area contributed by atoms with Crippen molar-refractivity contribution in [1.82, 2.24) is 5.32 Å². The Hall–Kier alpha value is -1.31. The zero-order chi connectivity index (χ0) is 13.5. The molecule has 0 radical (unpaired) electrons. The Morgan fingerprint density at radius 2 is 1.84 bits per heavy atom. The lowest BCUT2D eigenvalue weighted by Gasteiger charge is -2.14. The van der Waals surface area contributed by atoms with E-state index in [0.717, 1.165) is 24.4 Å². The summed E-state index contributed by atoms with van der Waals surface area (Å²) in [5, 5.41) is 4.34. The number of hydrogen-bond donors (Lipinski definition) is 1. The maximum absolute atomic E-state index is 6.00. The number of benzene rings is 2. The van der Waals surface area contributed by atoms with Crippen LogP contribution in [0.3, 0.4) is 0 Å². The van der Waals surface area contributed by atoms with Crippen LogP contribution in [0.4, 0.5) is 0 Å². The number of hydrogen-bond acceptors (Lipinski definition) is 1. The van der Waals surface area contributed by atoms with Gasteiger partial charge in [0.05, 0.1) is 0 Å². The van der Waals surface area contributed by atoms with Gasteiger partial charge in [-0.3, -0.25) is 0 Å². The predicted molar refractivity (Wildman–Crippen MR) is 82.6 cm³/mol. The lowest BCUT2D eigenvalue weighted by Crippen LogP contribution is -2.20. The molecule has 0 saturated carbocycles. The molecule has 0 aliphatic heterocycles. The standard InChI is InChI=1S/C17H20ClN/c1-14(16-10-5-11-17(18)13-16)19-12-6-9-15-7-3-2-4-8-15/h2-5,7-8,10-11,13-14,19H,6,9,12H2,1H3. The van der Waals surface area contributed by atoms with Crippen LogP contribution >= 0.6 is 11.6 Å². The van der Waals surface area contributed by atoms with Gasteiger partial charge in [0.25, 0.3) is 0 Å². The Morgan fingerprint density at radius 3 is 2.58 bits per heavy atom. The normalized spacial score (nSPS) is 12.3. The van der Waals surface area contributed by atoms with E-state index >= 15 is 0 Å². The van der Waals surface area contributed by atoms with Crippen molar-refractivity contribution < 1.29 is 0 Å². The molecule has 0 spiro atoms. The minimum atomic E-state index is 0.342. The van der Waals surface area contributed by atoms with Crippen molar-refractivity contribution in [3.05, 3.63) is 70.7 Å². The second-order valence-corrected chi connectivity index (χ2v) is 5.26. The van der Waals surface area contributed by atoms with Crippen molar-refractivity contribution in [2.75, 3.05) is 6.54 Å². The van der Waals surface area contributed by atoms with Crippen LogP contribution in [0.2, 0.25) is 5.02 Å². The molecule has 2 aromatic rings. The SMILES string of the molecule is CC(NCCCc1ccccc1)c1cccc(Cl)c1.